The van der Waals surface area contributed by atoms with E-state index in [4.69, 9.17) is 9.84 Å². The lowest BCUT2D eigenvalue weighted by molar-refractivity contribution is -0.137. The Morgan fingerprint density at radius 2 is 2.00 bits per heavy atom. The van der Waals surface area contributed by atoms with E-state index in [1.165, 1.54) is 0 Å². The number of nitrogens with one attached hydrogen (secondary N) is 1. The van der Waals surface area contributed by atoms with Gasteiger partial charge in [-0.05, 0) is 38.0 Å². The SMILES string of the molecule is COCCCCNC(=O)N1CCC(CCC(=O)O)CC1. The molecule has 6 heteroatoms. The van der Waals surface area contributed by atoms with Crippen LogP contribution in [0.25, 0.3) is 0 Å². The van der Waals surface area contributed by atoms with Crippen molar-refractivity contribution in [2.45, 2.75) is 38.5 Å². The maximum atomic E-state index is 11.9. The molecule has 2 amide bonds. The molecule has 1 aliphatic heterocycles. The van der Waals surface area contributed by atoms with E-state index in [9.17, 15) is 9.59 Å². The van der Waals surface area contributed by atoms with Gasteiger partial charge < -0.3 is 20.1 Å². The van der Waals surface area contributed by atoms with E-state index in [-0.39, 0.29) is 12.5 Å². The molecule has 0 aromatic carbocycles. The Morgan fingerprint density at radius 1 is 1.30 bits per heavy atom. The van der Waals surface area contributed by atoms with Gasteiger partial charge >= 0.3 is 12.0 Å². The number of carbonyl (C=O) groups excluding carboxylic acids is 1. The van der Waals surface area contributed by atoms with Crippen LogP contribution in [0.2, 0.25) is 0 Å². The highest BCUT2D eigenvalue weighted by Gasteiger charge is 2.22. The molecule has 0 bridgehead atoms. The van der Waals surface area contributed by atoms with Gasteiger partial charge in [0.15, 0.2) is 0 Å². The van der Waals surface area contributed by atoms with Gasteiger partial charge in [-0.2, -0.15) is 0 Å². The topological polar surface area (TPSA) is 78.9 Å². The molecule has 0 spiro atoms. The number of ether oxygens (including phenoxy) is 1. The number of urea groups is 1. The number of carboxylic acids is 1. The van der Waals surface area contributed by atoms with Crippen molar-refractivity contribution >= 4 is 12.0 Å². The fourth-order valence-corrected chi connectivity index (χ4v) is 2.43. The summed E-state index contributed by atoms with van der Waals surface area (Å²) in [5.41, 5.74) is 0. The minimum Gasteiger partial charge on any atom is -0.481 e. The molecule has 1 rings (SSSR count). The first-order valence-electron chi connectivity index (χ1n) is 7.37. The highest BCUT2D eigenvalue weighted by Crippen LogP contribution is 2.21. The van der Waals surface area contributed by atoms with Crippen molar-refractivity contribution in [1.29, 1.82) is 0 Å². The summed E-state index contributed by atoms with van der Waals surface area (Å²) in [6.45, 7) is 2.87. The number of hydrogen-bond donors (Lipinski definition) is 2. The van der Waals surface area contributed by atoms with Crippen LogP contribution in [0.1, 0.15) is 38.5 Å². The summed E-state index contributed by atoms with van der Waals surface area (Å²) < 4.78 is 4.95. The Bertz CT molecular complexity index is 302. The van der Waals surface area contributed by atoms with E-state index in [1.807, 2.05) is 4.90 Å². The van der Waals surface area contributed by atoms with Crippen LogP contribution in [0, 0.1) is 5.92 Å². The zero-order valence-electron chi connectivity index (χ0n) is 12.3. The molecule has 20 heavy (non-hydrogen) atoms. The van der Waals surface area contributed by atoms with Gasteiger partial charge in [0.05, 0.1) is 0 Å². The van der Waals surface area contributed by atoms with E-state index >= 15 is 0 Å². The summed E-state index contributed by atoms with van der Waals surface area (Å²) in [6, 6.07) is -0.000832. The van der Waals surface area contributed by atoms with Crippen LogP contribution in [0.4, 0.5) is 4.79 Å². The average molecular weight is 286 g/mol. The third-order valence-electron chi connectivity index (χ3n) is 3.72. The summed E-state index contributed by atoms with van der Waals surface area (Å²) in [4.78, 5) is 24.2. The molecule has 1 fully saturated rings. The second kappa shape index (κ2) is 9.58. The number of amides is 2. The van der Waals surface area contributed by atoms with Crippen LogP contribution in [0.5, 0.6) is 0 Å². The molecular formula is C14H26N2O4. The number of unbranched alkanes of at least 4 members (excludes halogenated alkanes) is 1. The number of carboxylic acid groups (broad SMARTS) is 1. The van der Waals surface area contributed by atoms with Crippen LogP contribution in [0.15, 0.2) is 0 Å². The number of nitrogens with zero attached hydrogens (tertiary/aromatic N) is 1. The van der Waals surface area contributed by atoms with Crippen LogP contribution >= 0.6 is 0 Å². The van der Waals surface area contributed by atoms with E-state index in [2.05, 4.69) is 5.32 Å². The molecule has 0 radical (unpaired) electrons. The zero-order valence-corrected chi connectivity index (χ0v) is 12.3. The number of rotatable bonds is 8. The Labute approximate surface area is 120 Å². The number of likely N-dealkylation sites (tertiary alicyclic amines) is 1. The number of aliphatic carboxylic acids is 1. The number of hydrogen-bond acceptors (Lipinski definition) is 3. The van der Waals surface area contributed by atoms with E-state index in [1.54, 1.807) is 7.11 Å². The minimum atomic E-state index is -0.735. The maximum Gasteiger partial charge on any atom is 0.317 e. The summed E-state index contributed by atoms with van der Waals surface area (Å²) in [5, 5.41) is 11.6. The number of piperidine rings is 1. The molecule has 0 aliphatic carbocycles. The molecular weight excluding hydrogens is 260 g/mol. The fourth-order valence-electron chi connectivity index (χ4n) is 2.43. The quantitative estimate of drug-likeness (QED) is 0.666. The van der Waals surface area contributed by atoms with E-state index < -0.39 is 5.97 Å². The highest BCUT2D eigenvalue weighted by atomic mass is 16.5. The normalized spacial score (nSPS) is 16.1. The molecule has 6 nitrogen and oxygen atoms in total. The van der Waals surface area contributed by atoms with Crippen molar-refractivity contribution in [1.82, 2.24) is 10.2 Å². The molecule has 0 aromatic heterocycles. The van der Waals surface area contributed by atoms with E-state index in [0.29, 0.717) is 12.5 Å². The predicted octanol–water partition coefficient (Wildman–Crippen LogP) is 1.70. The Balaban J connectivity index is 2.11. The minimum absolute atomic E-state index is 0.000832. The monoisotopic (exact) mass is 286 g/mol. The molecule has 1 aliphatic rings. The lowest BCUT2D eigenvalue weighted by Crippen LogP contribution is -2.44. The Morgan fingerprint density at radius 3 is 2.60 bits per heavy atom. The number of methoxy groups -OCH3 is 1. The molecule has 0 aromatic rings. The molecule has 2 N–H and O–H groups in total. The van der Waals surface area contributed by atoms with Crippen LogP contribution in [-0.2, 0) is 9.53 Å². The summed E-state index contributed by atoms with van der Waals surface area (Å²) in [6.07, 6.45) is 4.65. The summed E-state index contributed by atoms with van der Waals surface area (Å²) >= 11 is 0. The second-order valence-electron chi connectivity index (χ2n) is 5.29. The van der Waals surface area contributed by atoms with Crippen molar-refractivity contribution in [2.24, 2.45) is 5.92 Å². The van der Waals surface area contributed by atoms with Crippen molar-refractivity contribution in [3.8, 4) is 0 Å². The molecule has 1 heterocycles. The van der Waals surface area contributed by atoms with Crippen molar-refractivity contribution < 1.29 is 19.4 Å². The smallest absolute Gasteiger partial charge is 0.317 e. The van der Waals surface area contributed by atoms with Gasteiger partial charge in [-0.1, -0.05) is 0 Å². The van der Waals surface area contributed by atoms with Gasteiger partial charge in [-0.25, -0.2) is 4.79 Å². The molecule has 116 valence electrons. The second-order valence-corrected chi connectivity index (χ2v) is 5.29. The van der Waals surface area contributed by atoms with Gasteiger partial charge in [0.25, 0.3) is 0 Å². The Hall–Kier alpha value is -1.30. The third-order valence-corrected chi connectivity index (χ3v) is 3.72. The first-order valence-corrected chi connectivity index (χ1v) is 7.37. The maximum absolute atomic E-state index is 11.9. The van der Waals surface area contributed by atoms with E-state index in [0.717, 1.165) is 51.8 Å². The predicted molar refractivity (Wildman–Crippen MR) is 75.7 cm³/mol. The van der Waals surface area contributed by atoms with Gasteiger partial charge in [0.2, 0.25) is 0 Å². The standard InChI is InChI=1S/C14H26N2O4/c1-20-11-3-2-8-15-14(19)16-9-6-12(7-10-16)4-5-13(17)18/h12H,2-11H2,1H3,(H,15,19)(H,17,18). The molecule has 0 saturated carbocycles. The lowest BCUT2D eigenvalue weighted by Gasteiger charge is -2.31. The fraction of sp³-hybridized carbons (Fsp3) is 0.857. The number of carbonyl (C=O) groups is 2. The Kier molecular flexibility index (Phi) is 8.02. The van der Waals surface area contributed by atoms with Crippen LogP contribution < -0.4 is 5.32 Å². The summed E-state index contributed by atoms with van der Waals surface area (Å²) in [5.74, 6) is -0.293. The average Bonchev–Trinajstić information content (AvgIpc) is 2.45. The van der Waals surface area contributed by atoms with Crippen LogP contribution in [-0.4, -0.2) is 55.4 Å². The van der Waals surface area contributed by atoms with Gasteiger partial charge in [0.1, 0.15) is 0 Å². The van der Waals surface area contributed by atoms with Crippen LogP contribution in [0.3, 0.4) is 0 Å². The highest BCUT2D eigenvalue weighted by molar-refractivity contribution is 5.74. The third kappa shape index (κ3) is 6.75. The van der Waals surface area contributed by atoms with Gasteiger partial charge in [-0.3, -0.25) is 4.79 Å². The van der Waals surface area contributed by atoms with Crippen molar-refractivity contribution in [2.75, 3.05) is 33.4 Å². The molecule has 0 atom stereocenters. The molecule has 1 saturated heterocycles. The first-order chi connectivity index (χ1) is 9.63. The summed E-state index contributed by atoms with van der Waals surface area (Å²) in [7, 11) is 1.67. The van der Waals surface area contributed by atoms with Crippen molar-refractivity contribution in [3.05, 3.63) is 0 Å². The van der Waals surface area contributed by atoms with Gasteiger partial charge in [0, 0.05) is 39.8 Å². The van der Waals surface area contributed by atoms with Crippen molar-refractivity contribution in [3.63, 3.8) is 0 Å². The first kappa shape index (κ1) is 16.8. The van der Waals surface area contributed by atoms with Gasteiger partial charge in [-0.15, -0.1) is 0 Å². The molecule has 0 unspecified atom stereocenters. The zero-order chi connectivity index (χ0) is 14.8. The lowest BCUT2D eigenvalue weighted by atomic mass is 9.92. The largest absolute Gasteiger partial charge is 0.481 e.